The third kappa shape index (κ3) is 4.30. The fraction of sp³-hybridized carbons (Fsp3) is 0.625. The summed E-state index contributed by atoms with van der Waals surface area (Å²) in [4.78, 5) is 0. The van der Waals surface area contributed by atoms with Crippen molar-refractivity contribution in [2.75, 3.05) is 27.9 Å². The summed E-state index contributed by atoms with van der Waals surface area (Å²) in [6, 6.07) is 4.25. The first-order valence-electron chi connectivity index (χ1n) is 7.21. The Hall–Kier alpha value is -1.42. The Kier molecular flexibility index (Phi) is 7.23. The van der Waals surface area contributed by atoms with Gasteiger partial charge in [0, 0.05) is 6.04 Å². The third-order valence-corrected chi connectivity index (χ3v) is 3.42. The summed E-state index contributed by atoms with van der Waals surface area (Å²) in [5.41, 5.74) is 1.14. The van der Waals surface area contributed by atoms with Crippen LogP contribution < -0.4 is 19.5 Å². The Morgan fingerprint density at radius 1 is 1.00 bits per heavy atom. The number of nitrogens with one attached hydrogen (secondary N) is 1. The van der Waals surface area contributed by atoms with E-state index in [1.165, 1.54) is 19.3 Å². The van der Waals surface area contributed by atoms with E-state index < -0.39 is 0 Å². The van der Waals surface area contributed by atoms with Crippen LogP contribution in [0.25, 0.3) is 0 Å². The number of methoxy groups -OCH3 is 3. The number of unbranched alkanes of at least 4 members (excludes halogenated alkanes) is 2. The maximum atomic E-state index is 5.38. The third-order valence-electron chi connectivity index (χ3n) is 3.42. The predicted molar refractivity (Wildman–Crippen MR) is 82.0 cm³/mol. The summed E-state index contributed by atoms with van der Waals surface area (Å²) in [7, 11) is 4.90. The molecule has 0 aliphatic carbocycles. The highest BCUT2D eigenvalue weighted by Crippen LogP contribution is 2.39. The molecule has 0 saturated carbocycles. The first-order chi connectivity index (χ1) is 9.67. The smallest absolute Gasteiger partial charge is 0.203 e. The zero-order chi connectivity index (χ0) is 15.0. The van der Waals surface area contributed by atoms with E-state index in [4.69, 9.17) is 14.2 Å². The molecular formula is C16H27NO3. The van der Waals surface area contributed by atoms with Crippen LogP contribution >= 0.6 is 0 Å². The predicted octanol–water partition coefficient (Wildman–Crippen LogP) is 3.55. The van der Waals surface area contributed by atoms with Crippen molar-refractivity contribution in [3.05, 3.63) is 17.7 Å². The van der Waals surface area contributed by atoms with E-state index >= 15 is 0 Å². The van der Waals surface area contributed by atoms with Crippen LogP contribution in [0.5, 0.6) is 17.2 Å². The van der Waals surface area contributed by atoms with E-state index in [2.05, 4.69) is 19.2 Å². The maximum Gasteiger partial charge on any atom is 0.203 e. The number of hydrogen-bond donors (Lipinski definition) is 1. The summed E-state index contributed by atoms with van der Waals surface area (Å²) in [5, 5.41) is 3.52. The largest absolute Gasteiger partial charge is 0.493 e. The highest BCUT2D eigenvalue weighted by Gasteiger charge is 2.15. The lowest BCUT2D eigenvalue weighted by Crippen LogP contribution is -2.20. The second-order valence-corrected chi connectivity index (χ2v) is 4.84. The highest BCUT2D eigenvalue weighted by atomic mass is 16.5. The van der Waals surface area contributed by atoms with Crippen LogP contribution in [0.1, 0.15) is 44.7 Å². The number of hydrogen-bond acceptors (Lipinski definition) is 4. The van der Waals surface area contributed by atoms with Gasteiger partial charge in [-0.1, -0.05) is 19.8 Å². The van der Waals surface area contributed by atoms with Gasteiger partial charge in [-0.2, -0.15) is 0 Å². The minimum atomic E-state index is 0.251. The molecule has 0 aliphatic rings. The topological polar surface area (TPSA) is 39.7 Å². The van der Waals surface area contributed by atoms with Crippen molar-refractivity contribution >= 4 is 0 Å². The number of rotatable bonds is 9. The lowest BCUT2D eigenvalue weighted by molar-refractivity contribution is 0.323. The van der Waals surface area contributed by atoms with Crippen LogP contribution in [-0.2, 0) is 0 Å². The lowest BCUT2D eigenvalue weighted by Gasteiger charge is -2.18. The van der Waals surface area contributed by atoms with Gasteiger partial charge in [0.15, 0.2) is 11.5 Å². The van der Waals surface area contributed by atoms with Crippen molar-refractivity contribution in [3.8, 4) is 17.2 Å². The Bertz CT molecular complexity index is 382. The summed E-state index contributed by atoms with van der Waals surface area (Å²) >= 11 is 0. The zero-order valence-corrected chi connectivity index (χ0v) is 13.3. The Morgan fingerprint density at radius 3 is 2.05 bits per heavy atom. The summed E-state index contributed by atoms with van der Waals surface area (Å²) in [6.07, 6.45) is 3.69. The van der Waals surface area contributed by atoms with Crippen LogP contribution in [0.15, 0.2) is 12.1 Å². The van der Waals surface area contributed by atoms with E-state index in [0.29, 0.717) is 17.2 Å². The molecule has 0 aromatic heterocycles. The fourth-order valence-corrected chi connectivity index (χ4v) is 2.16. The van der Waals surface area contributed by atoms with Gasteiger partial charge >= 0.3 is 0 Å². The Balaban J connectivity index is 2.83. The normalized spacial score (nSPS) is 12.1. The van der Waals surface area contributed by atoms with Crippen LogP contribution in [0, 0.1) is 0 Å². The van der Waals surface area contributed by atoms with E-state index in [0.717, 1.165) is 12.1 Å². The SMILES string of the molecule is CCCCCNC(C)c1cc(OC)c(OC)c(OC)c1. The zero-order valence-electron chi connectivity index (χ0n) is 13.3. The molecular weight excluding hydrogens is 254 g/mol. The van der Waals surface area contributed by atoms with Gasteiger partial charge in [0.05, 0.1) is 21.3 Å². The average molecular weight is 281 g/mol. The summed E-state index contributed by atoms with van der Waals surface area (Å²) in [6.45, 7) is 5.38. The molecule has 1 N–H and O–H groups in total. The minimum Gasteiger partial charge on any atom is -0.493 e. The highest BCUT2D eigenvalue weighted by molar-refractivity contribution is 5.54. The number of ether oxygens (including phenoxy) is 3. The molecule has 0 aliphatic heterocycles. The molecule has 1 aromatic rings. The van der Waals surface area contributed by atoms with Gasteiger partial charge in [0.1, 0.15) is 0 Å². The van der Waals surface area contributed by atoms with E-state index in [1.807, 2.05) is 12.1 Å². The molecule has 0 radical (unpaired) electrons. The van der Waals surface area contributed by atoms with E-state index in [-0.39, 0.29) is 6.04 Å². The summed E-state index contributed by atoms with van der Waals surface area (Å²) in [5.74, 6) is 2.03. The van der Waals surface area contributed by atoms with Crippen LogP contribution in [-0.4, -0.2) is 27.9 Å². The Morgan fingerprint density at radius 2 is 1.60 bits per heavy atom. The van der Waals surface area contributed by atoms with Gasteiger partial charge < -0.3 is 19.5 Å². The van der Waals surface area contributed by atoms with Crippen LogP contribution in [0.4, 0.5) is 0 Å². The molecule has 0 bridgehead atoms. The van der Waals surface area contributed by atoms with Crippen LogP contribution in [0.2, 0.25) is 0 Å². The second-order valence-electron chi connectivity index (χ2n) is 4.84. The molecule has 1 rings (SSSR count). The molecule has 1 atom stereocenters. The molecule has 114 valence electrons. The molecule has 0 saturated heterocycles. The van der Waals surface area contributed by atoms with E-state index in [1.54, 1.807) is 21.3 Å². The summed E-state index contributed by atoms with van der Waals surface area (Å²) < 4.78 is 16.1. The maximum absolute atomic E-state index is 5.38. The monoisotopic (exact) mass is 281 g/mol. The van der Waals surface area contributed by atoms with Gasteiger partial charge in [-0.15, -0.1) is 0 Å². The second kappa shape index (κ2) is 8.69. The van der Waals surface area contributed by atoms with Crippen molar-refractivity contribution in [2.24, 2.45) is 0 Å². The van der Waals surface area contributed by atoms with Crippen molar-refractivity contribution < 1.29 is 14.2 Å². The van der Waals surface area contributed by atoms with E-state index in [9.17, 15) is 0 Å². The van der Waals surface area contributed by atoms with Gasteiger partial charge in [-0.3, -0.25) is 0 Å². The molecule has 4 heteroatoms. The molecule has 4 nitrogen and oxygen atoms in total. The molecule has 20 heavy (non-hydrogen) atoms. The van der Waals surface area contributed by atoms with Crippen molar-refractivity contribution in [2.45, 2.75) is 39.2 Å². The first kappa shape index (κ1) is 16.6. The van der Waals surface area contributed by atoms with Crippen LogP contribution in [0.3, 0.4) is 0 Å². The fourth-order valence-electron chi connectivity index (χ4n) is 2.16. The average Bonchev–Trinajstić information content (AvgIpc) is 2.49. The lowest BCUT2D eigenvalue weighted by atomic mass is 10.1. The standard InChI is InChI=1S/C16H27NO3/c1-6-7-8-9-17-12(2)13-10-14(18-3)16(20-5)15(11-13)19-4/h10-12,17H,6-9H2,1-5H3. The van der Waals surface area contributed by atoms with Crippen molar-refractivity contribution in [1.82, 2.24) is 5.32 Å². The van der Waals surface area contributed by atoms with Crippen molar-refractivity contribution in [3.63, 3.8) is 0 Å². The van der Waals surface area contributed by atoms with Crippen molar-refractivity contribution in [1.29, 1.82) is 0 Å². The molecule has 0 amide bonds. The molecule has 0 spiro atoms. The molecule has 0 heterocycles. The van der Waals surface area contributed by atoms with Gasteiger partial charge in [-0.05, 0) is 37.6 Å². The first-order valence-corrected chi connectivity index (χ1v) is 7.21. The molecule has 0 fully saturated rings. The van der Waals surface area contributed by atoms with Gasteiger partial charge in [-0.25, -0.2) is 0 Å². The van der Waals surface area contributed by atoms with Gasteiger partial charge in [0.2, 0.25) is 5.75 Å². The van der Waals surface area contributed by atoms with Gasteiger partial charge in [0.25, 0.3) is 0 Å². The number of benzene rings is 1. The quantitative estimate of drug-likeness (QED) is 0.703. The minimum absolute atomic E-state index is 0.251. The Labute approximate surface area is 122 Å². The molecule has 1 aromatic carbocycles. The molecule has 1 unspecified atom stereocenters.